The van der Waals surface area contributed by atoms with Crippen molar-refractivity contribution < 1.29 is 13.9 Å². The van der Waals surface area contributed by atoms with E-state index in [-0.39, 0.29) is 23.2 Å². The molecule has 0 radical (unpaired) electrons. The molecule has 1 saturated heterocycles. The van der Waals surface area contributed by atoms with E-state index in [0.717, 1.165) is 55.7 Å². The number of morpholine rings is 1. The molecule has 168 valence electrons. The van der Waals surface area contributed by atoms with Gasteiger partial charge < -0.3 is 15.4 Å². The summed E-state index contributed by atoms with van der Waals surface area (Å²) in [5.74, 6) is 2.05. The van der Waals surface area contributed by atoms with Crippen LogP contribution in [0, 0.1) is 29.0 Å². The Morgan fingerprint density at radius 1 is 1.10 bits per heavy atom. The number of carbonyl (C=O) groups is 1. The van der Waals surface area contributed by atoms with Gasteiger partial charge in [0.05, 0.1) is 24.7 Å². The summed E-state index contributed by atoms with van der Waals surface area (Å²) in [6.45, 7) is 3.56. The van der Waals surface area contributed by atoms with Gasteiger partial charge in [0, 0.05) is 19.6 Å². The van der Waals surface area contributed by atoms with E-state index in [9.17, 15) is 9.18 Å². The molecule has 5 nitrogen and oxygen atoms in total. The van der Waals surface area contributed by atoms with E-state index in [1.54, 1.807) is 0 Å². The number of carbonyl (C=O) groups excluding carboxylic acids is 1. The van der Waals surface area contributed by atoms with Gasteiger partial charge in [0.25, 0.3) is 0 Å². The Morgan fingerprint density at radius 3 is 2.26 bits per heavy atom. The van der Waals surface area contributed by atoms with Crippen molar-refractivity contribution in [2.45, 2.75) is 44.6 Å². The molecule has 5 fully saturated rings. The lowest BCUT2D eigenvalue weighted by Crippen LogP contribution is -2.56. The third-order valence-electron chi connectivity index (χ3n) is 7.94. The fraction of sp³-hybridized carbons (Fsp3) is 0.667. The summed E-state index contributed by atoms with van der Waals surface area (Å²) in [6, 6.07) is 6.69. The molecule has 1 amide bonds. The minimum Gasteiger partial charge on any atom is -0.379 e. The van der Waals surface area contributed by atoms with E-state index in [0.29, 0.717) is 24.9 Å². The van der Waals surface area contributed by atoms with E-state index < -0.39 is 0 Å². The van der Waals surface area contributed by atoms with Gasteiger partial charge in [-0.05, 0) is 86.2 Å². The van der Waals surface area contributed by atoms with Gasteiger partial charge >= 0.3 is 0 Å². The summed E-state index contributed by atoms with van der Waals surface area (Å²) in [5.41, 5.74) is 0.826. The van der Waals surface area contributed by atoms with Gasteiger partial charge in [-0.3, -0.25) is 9.69 Å². The summed E-state index contributed by atoms with van der Waals surface area (Å²) in [7, 11) is 0. The zero-order valence-electron chi connectivity index (χ0n) is 17.9. The fourth-order valence-corrected chi connectivity index (χ4v) is 7.07. The highest BCUT2D eigenvalue weighted by Gasteiger charge is 2.54. The lowest BCUT2D eigenvalue weighted by atomic mass is 9.49. The summed E-state index contributed by atoms with van der Waals surface area (Å²) < 4.78 is 18.9. The van der Waals surface area contributed by atoms with E-state index in [1.165, 1.54) is 31.4 Å². The van der Waals surface area contributed by atoms with Crippen molar-refractivity contribution in [1.82, 2.24) is 15.5 Å². The van der Waals surface area contributed by atoms with Gasteiger partial charge in [0.15, 0.2) is 5.11 Å². The summed E-state index contributed by atoms with van der Waals surface area (Å²) in [5, 5.41) is 6.72. The number of halogens is 1. The van der Waals surface area contributed by atoms with Crippen molar-refractivity contribution in [3.05, 3.63) is 35.6 Å². The first kappa shape index (κ1) is 21.3. The normalized spacial score (nSPS) is 33.1. The number of benzene rings is 1. The van der Waals surface area contributed by atoms with Gasteiger partial charge in [0.1, 0.15) is 5.82 Å². The van der Waals surface area contributed by atoms with E-state index in [1.807, 2.05) is 12.1 Å². The number of nitrogens with one attached hydrogen (secondary N) is 2. The van der Waals surface area contributed by atoms with Gasteiger partial charge in [0.2, 0.25) is 5.91 Å². The zero-order chi connectivity index (χ0) is 21.4. The molecular formula is C24H32FN3O2S. The zero-order valence-corrected chi connectivity index (χ0v) is 18.8. The highest BCUT2D eigenvalue weighted by Crippen LogP contribution is 2.60. The maximum Gasteiger partial charge on any atom is 0.232 e. The first-order valence-electron chi connectivity index (χ1n) is 11.7. The van der Waals surface area contributed by atoms with Gasteiger partial charge in [-0.1, -0.05) is 12.1 Å². The van der Waals surface area contributed by atoms with Gasteiger partial charge in [-0.2, -0.15) is 0 Å². The highest BCUT2D eigenvalue weighted by atomic mass is 32.1. The van der Waals surface area contributed by atoms with Gasteiger partial charge in [-0.25, -0.2) is 4.39 Å². The van der Waals surface area contributed by atoms with Crippen molar-refractivity contribution in [3.8, 4) is 0 Å². The molecule has 1 atom stereocenters. The molecule has 31 heavy (non-hydrogen) atoms. The average Bonchev–Trinajstić information content (AvgIpc) is 2.75. The van der Waals surface area contributed by atoms with Crippen molar-refractivity contribution in [2.24, 2.45) is 23.2 Å². The van der Waals surface area contributed by atoms with Crippen LogP contribution in [-0.2, 0) is 9.53 Å². The summed E-state index contributed by atoms with van der Waals surface area (Å²) in [6.07, 6.45) is 7.02. The Bertz CT molecular complexity index is 789. The van der Waals surface area contributed by atoms with Crippen LogP contribution >= 0.6 is 12.2 Å². The van der Waals surface area contributed by atoms with Crippen molar-refractivity contribution >= 4 is 23.2 Å². The SMILES string of the molecule is O=C(NC(=S)NC[C@H](c1ccc(F)cc1)N1CCOCC1)C12CC3CC(CC(C3)C1)C2. The highest BCUT2D eigenvalue weighted by molar-refractivity contribution is 7.80. The predicted octanol–water partition coefficient (Wildman–Crippen LogP) is 3.41. The van der Waals surface area contributed by atoms with Crippen LogP contribution in [0.5, 0.6) is 0 Å². The first-order chi connectivity index (χ1) is 15.0. The Morgan fingerprint density at radius 2 is 1.68 bits per heavy atom. The second-order valence-corrected chi connectivity index (χ2v) is 10.5. The maximum atomic E-state index is 13.4. The summed E-state index contributed by atoms with van der Waals surface area (Å²) in [4.78, 5) is 15.6. The van der Waals surface area contributed by atoms with Crippen molar-refractivity contribution in [3.63, 3.8) is 0 Å². The molecule has 0 unspecified atom stereocenters. The second-order valence-electron chi connectivity index (χ2n) is 10.1. The molecule has 5 aliphatic rings. The van der Waals surface area contributed by atoms with E-state index in [2.05, 4.69) is 15.5 Å². The van der Waals surface area contributed by atoms with Crippen LogP contribution in [0.15, 0.2) is 24.3 Å². The molecule has 4 saturated carbocycles. The third kappa shape index (κ3) is 4.50. The standard InChI is InChI=1S/C24H32FN3O2S/c25-20-3-1-19(2-4-20)21(28-5-7-30-8-6-28)15-26-23(31)27-22(29)24-12-16-9-17(13-24)11-18(10-16)14-24/h1-4,16-18,21H,5-15H2,(H2,26,27,29,31)/t16?,17?,18?,21-,24?/m1/s1. The minimum atomic E-state index is -0.240. The lowest BCUT2D eigenvalue weighted by molar-refractivity contribution is -0.144. The van der Waals surface area contributed by atoms with Crippen LogP contribution in [-0.4, -0.2) is 48.8 Å². The molecule has 0 spiro atoms. The molecular weight excluding hydrogens is 413 g/mol. The molecule has 4 aliphatic carbocycles. The average molecular weight is 446 g/mol. The number of hydrogen-bond acceptors (Lipinski definition) is 4. The van der Waals surface area contributed by atoms with E-state index >= 15 is 0 Å². The Kier molecular flexibility index (Phi) is 6.01. The third-order valence-corrected chi connectivity index (χ3v) is 8.19. The Labute approximate surface area is 189 Å². The monoisotopic (exact) mass is 445 g/mol. The molecule has 1 aromatic carbocycles. The largest absolute Gasteiger partial charge is 0.379 e. The van der Waals surface area contributed by atoms with Crippen LogP contribution in [0.1, 0.15) is 50.1 Å². The van der Waals surface area contributed by atoms with Crippen LogP contribution in [0.3, 0.4) is 0 Å². The number of ether oxygens (including phenoxy) is 1. The van der Waals surface area contributed by atoms with Crippen LogP contribution in [0.25, 0.3) is 0 Å². The number of nitrogens with zero attached hydrogens (tertiary/aromatic N) is 1. The number of rotatable bonds is 5. The second kappa shape index (κ2) is 8.75. The van der Waals surface area contributed by atoms with Crippen molar-refractivity contribution in [2.75, 3.05) is 32.8 Å². The first-order valence-corrected chi connectivity index (χ1v) is 12.1. The van der Waals surface area contributed by atoms with E-state index in [4.69, 9.17) is 17.0 Å². The topological polar surface area (TPSA) is 53.6 Å². The molecule has 6 rings (SSSR count). The molecule has 1 aliphatic heterocycles. The number of hydrogen-bond donors (Lipinski definition) is 2. The fourth-order valence-electron chi connectivity index (χ4n) is 6.89. The maximum absolute atomic E-state index is 13.4. The predicted molar refractivity (Wildman–Crippen MR) is 121 cm³/mol. The Hall–Kier alpha value is -1.57. The quantitative estimate of drug-likeness (QED) is 0.681. The molecule has 7 heteroatoms. The van der Waals surface area contributed by atoms with Gasteiger partial charge in [-0.15, -0.1) is 0 Å². The Balaban J connectivity index is 1.21. The van der Waals surface area contributed by atoms with Crippen LogP contribution in [0.4, 0.5) is 4.39 Å². The minimum absolute atomic E-state index is 0.0406. The molecule has 1 heterocycles. The molecule has 2 N–H and O–H groups in total. The smallest absolute Gasteiger partial charge is 0.232 e. The number of amides is 1. The molecule has 1 aromatic rings. The van der Waals surface area contributed by atoms with Crippen molar-refractivity contribution in [1.29, 1.82) is 0 Å². The lowest BCUT2D eigenvalue weighted by Gasteiger charge is -2.55. The molecule has 0 aromatic heterocycles. The van der Waals surface area contributed by atoms with Crippen LogP contribution in [0.2, 0.25) is 0 Å². The van der Waals surface area contributed by atoms with Crippen LogP contribution < -0.4 is 10.6 Å². The number of thiocarbonyl (C=S) groups is 1. The summed E-state index contributed by atoms with van der Waals surface area (Å²) >= 11 is 5.53. The molecule has 4 bridgehead atoms.